The van der Waals surface area contributed by atoms with Crippen molar-refractivity contribution in [2.24, 2.45) is 0 Å². The van der Waals surface area contributed by atoms with Gasteiger partial charge >= 0.3 is 0 Å². The van der Waals surface area contributed by atoms with Crippen LogP contribution >= 0.6 is 24.0 Å². The highest BCUT2D eigenvalue weighted by atomic mass is 32.2. The zero-order valence-corrected chi connectivity index (χ0v) is 12.2. The van der Waals surface area contributed by atoms with Crippen LogP contribution in [0.5, 0.6) is 11.5 Å². The van der Waals surface area contributed by atoms with Gasteiger partial charge in [0.2, 0.25) is 4.38 Å². The summed E-state index contributed by atoms with van der Waals surface area (Å²) < 4.78 is 11.6. The molecule has 2 aromatic carbocycles. The summed E-state index contributed by atoms with van der Waals surface area (Å²) in [6.45, 7) is 0.560. The zero-order chi connectivity index (χ0) is 13.5. The van der Waals surface area contributed by atoms with Gasteiger partial charge in [-0.15, -0.1) is 0 Å². The quantitative estimate of drug-likeness (QED) is 0.781. The van der Waals surface area contributed by atoms with E-state index < -0.39 is 0 Å². The lowest BCUT2D eigenvalue weighted by molar-refractivity contribution is 0.306. The summed E-state index contributed by atoms with van der Waals surface area (Å²) >= 11 is 6.40. The van der Waals surface area contributed by atoms with E-state index in [9.17, 15) is 0 Å². The average Bonchev–Trinajstić information content (AvgIpc) is 2.47. The van der Waals surface area contributed by atoms with Crippen LogP contribution in [0, 0.1) is 0 Å². The Morgan fingerprint density at radius 2 is 1.63 bits per heavy atom. The lowest BCUT2D eigenvalue weighted by Gasteiger charge is -2.08. The summed E-state index contributed by atoms with van der Waals surface area (Å²) in [5.41, 5.74) is 1.14. The number of hydrogen-bond donors (Lipinski definition) is 0. The van der Waals surface area contributed by atoms with Crippen LogP contribution in [0.15, 0.2) is 54.6 Å². The van der Waals surface area contributed by atoms with Crippen molar-refractivity contribution in [3.8, 4) is 11.5 Å². The standard InChI is InChI=1S/C15H14O2S2/c1-19-15(18)17-14-9-7-13(8-10-14)16-11-12-5-3-2-4-6-12/h2-10H,11H2,1H3. The SMILES string of the molecule is CSC(=S)Oc1ccc(OCc2ccccc2)cc1. The van der Waals surface area contributed by atoms with Crippen LogP contribution in [-0.4, -0.2) is 10.6 Å². The maximum atomic E-state index is 5.68. The Bertz CT molecular complexity index is 524. The molecule has 0 radical (unpaired) electrons. The molecular formula is C15H14O2S2. The molecule has 0 atom stereocenters. The van der Waals surface area contributed by atoms with Crippen molar-refractivity contribution in [1.29, 1.82) is 0 Å². The van der Waals surface area contributed by atoms with Crippen LogP contribution in [0.25, 0.3) is 0 Å². The van der Waals surface area contributed by atoms with Crippen molar-refractivity contribution in [1.82, 2.24) is 0 Å². The average molecular weight is 290 g/mol. The molecule has 0 aromatic heterocycles. The van der Waals surface area contributed by atoms with E-state index in [0.717, 1.165) is 17.1 Å². The van der Waals surface area contributed by atoms with Gasteiger partial charge in [-0.3, -0.25) is 0 Å². The first-order chi connectivity index (χ1) is 9.28. The molecule has 0 amide bonds. The van der Waals surface area contributed by atoms with Crippen LogP contribution in [0.4, 0.5) is 0 Å². The molecular weight excluding hydrogens is 276 g/mol. The van der Waals surface area contributed by atoms with Crippen LogP contribution in [0.2, 0.25) is 0 Å². The topological polar surface area (TPSA) is 18.5 Å². The maximum Gasteiger partial charge on any atom is 0.225 e. The molecule has 0 unspecified atom stereocenters. The first kappa shape index (κ1) is 13.9. The largest absolute Gasteiger partial charge is 0.489 e. The fraction of sp³-hybridized carbons (Fsp3) is 0.133. The lowest BCUT2D eigenvalue weighted by atomic mass is 10.2. The number of rotatable bonds is 4. The molecule has 0 heterocycles. The van der Waals surface area contributed by atoms with Gasteiger partial charge in [0.25, 0.3) is 0 Å². The molecule has 2 rings (SSSR count). The summed E-state index contributed by atoms with van der Waals surface area (Å²) in [6, 6.07) is 17.5. The second-order valence-electron chi connectivity index (χ2n) is 3.80. The van der Waals surface area contributed by atoms with Crippen molar-refractivity contribution < 1.29 is 9.47 Å². The Kier molecular flexibility index (Phi) is 5.24. The van der Waals surface area contributed by atoms with Crippen molar-refractivity contribution in [3.05, 3.63) is 60.2 Å². The molecule has 0 bridgehead atoms. The van der Waals surface area contributed by atoms with Crippen LogP contribution in [0.1, 0.15) is 5.56 Å². The normalized spacial score (nSPS) is 9.95. The highest BCUT2D eigenvalue weighted by Crippen LogP contribution is 2.20. The summed E-state index contributed by atoms with van der Waals surface area (Å²) in [7, 11) is 0. The van der Waals surface area contributed by atoms with Crippen LogP contribution in [-0.2, 0) is 6.61 Å². The van der Waals surface area contributed by atoms with Crippen LogP contribution < -0.4 is 9.47 Å². The molecule has 0 fully saturated rings. The van der Waals surface area contributed by atoms with Gasteiger partial charge in [-0.05, 0) is 48.3 Å². The third-order valence-corrected chi connectivity index (χ3v) is 3.44. The lowest BCUT2D eigenvalue weighted by Crippen LogP contribution is -1.99. The Morgan fingerprint density at radius 1 is 1.00 bits per heavy atom. The van der Waals surface area contributed by atoms with Gasteiger partial charge in [0.05, 0.1) is 0 Å². The molecule has 0 N–H and O–H groups in total. The molecule has 98 valence electrons. The second-order valence-corrected chi connectivity index (χ2v) is 5.21. The minimum Gasteiger partial charge on any atom is -0.489 e. The van der Waals surface area contributed by atoms with Gasteiger partial charge < -0.3 is 9.47 Å². The van der Waals surface area contributed by atoms with Crippen molar-refractivity contribution in [2.75, 3.05) is 6.26 Å². The van der Waals surface area contributed by atoms with E-state index in [1.54, 1.807) is 0 Å². The molecule has 2 nitrogen and oxygen atoms in total. The first-order valence-corrected chi connectivity index (χ1v) is 7.44. The van der Waals surface area contributed by atoms with E-state index in [1.807, 2.05) is 60.9 Å². The highest BCUT2D eigenvalue weighted by molar-refractivity contribution is 8.22. The number of ether oxygens (including phenoxy) is 2. The zero-order valence-electron chi connectivity index (χ0n) is 10.5. The summed E-state index contributed by atoms with van der Waals surface area (Å²) in [5, 5.41) is 0. The minimum atomic E-state index is 0.512. The predicted molar refractivity (Wildman–Crippen MR) is 84.0 cm³/mol. The van der Waals surface area contributed by atoms with Crippen LogP contribution in [0.3, 0.4) is 0 Å². The number of benzene rings is 2. The third kappa shape index (κ3) is 4.58. The van der Waals surface area contributed by atoms with E-state index in [2.05, 4.69) is 0 Å². The fourth-order valence-corrected chi connectivity index (χ4v) is 1.76. The van der Waals surface area contributed by atoms with E-state index in [1.165, 1.54) is 11.8 Å². The molecule has 0 aliphatic rings. The molecule has 0 aliphatic heterocycles. The van der Waals surface area contributed by atoms with E-state index in [0.29, 0.717) is 11.0 Å². The van der Waals surface area contributed by atoms with E-state index in [4.69, 9.17) is 21.7 Å². The number of thiocarbonyl (C=S) groups is 1. The highest BCUT2D eigenvalue weighted by Gasteiger charge is 2.00. The molecule has 0 spiro atoms. The second kappa shape index (κ2) is 7.16. The molecule has 19 heavy (non-hydrogen) atoms. The fourth-order valence-electron chi connectivity index (χ4n) is 1.48. The van der Waals surface area contributed by atoms with Crippen molar-refractivity contribution in [3.63, 3.8) is 0 Å². The Morgan fingerprint density at radius 3 is 2.26 bits per heavy atom. The molecule has 0 aliphatic carbocycles. The minimum absolute atomic E-state index is 0.512. The van der Waals surface area contributed by atoms with Crippen molar-refractivity contribution in [2.45, 2.75) is 6.61 Å². The molecule has 0 saturated heterocycles. The van der Waals surface area contributed by atoms with Gasteiger partial charge in [-0.25, -0.2) is 0 Å². The molecule has 0 saturated carbocycles. The predicted octanol–water partition coefficient (Wildman–Crippen LogP) is 4.29. The number of thioether (sulfide) groups is 1. The maximum absolute atomic E-state index is 5.68. The molecule has 2 aromatic rings. The van der Waals surface area contributed by atoms with E-state index >= 15 is 0 Å². The monoisotopic (exact) mass is 290 g/mol. The van der Waals surface area contributed by atoms with Gasteiger partial charge in [-0.2, -0.15) is 0 Å². The smallest absolute Gasteiger partial charge is 0.225 e. The first-order valence-electron chi connectivity index (χ1n) is 5.80. The summed E-state index contributed by atoms with van der Waals surface area (Å²) in [4.78, 5) is 0. The third-order valence-electron chi connectivity index (χ3n) is 2.44. The van der Waals surface area contributed by atoms with Gasteiger partial charge in [-0.1, -0.05) is 42.1 Å². The Labute approximate surface area is 122 Å². The van der Waals surface area contributed by atoms with E-state index in [-0.39, 0.29) is 0 Å². The summed E-state index contributed by atoms with van der Waals surface area (Å²) in [6.07, 6.45) is 1.89. The summed E-state index contributed by atoms with van der Waals surface area (Å²) in [5.74, 6) is 1.54. The van der Waals surface area contributed by atoms with Gasteiger partial charge in [0, 0.05) is 0 Å². The number of hydrogen-bond acceptors (Lipinski definition) is 4. The Hall–Kier alpha value is -1.52. The van der Waals surface area contributed by atoms with Gasteiger partial charge in [0.15, 0.2) is 0 Å². The molecule has 4 heteroatoms. The van der Waals surface area contributed by atoms with Crippen molar-refractivity contribution >= 4 is 28.4 Å². The Balaban J connectivity index is 1.90. The van der Waals surface area contributed by atoms with Gasteiger partial charge in [0.1, 0.15) is 18.1 Å².